The zero-order valence-corrected chi connectivity index (χ0v) is 10.4. The highest BCUT2D eigenvalue weighted by Crippen LogP contribution is 2.12. The van der Waals surface area contributed by atoms with Crippen LogP contribution in [0, 0.1) is 5.82 Å². The lowest BCUT2D eigenvalue weighted by molar-refractivity contribution is -0.139. The molecule has 0 aromatic heterocycles. The molecular formula is C12H14FN3O4. The lowest BCUT2D eigenvalue weighted by Crippen LogP contribution is -2.41. The zero-order valence-electron chi connectivity index (χ0n) is 10.4. The first-order chi connectivity index (χ1) is 9.31. The van der Waals surface area contributed by atoms with Crippen LogP contribution in [-0.4, -0.2) is 28.9 Å². The highest BCUT2D eigenvalue weighted by atomic mass is 19.1. The van der Waals surface area contributed by atoms with Gasteiger partial charge in [-0.1, -0.05) is 0 Å². The number of rotatable bonds is 6. The molecule has 0 fully saturated rings. The summed E-state index contributed by atoms with van der Waals surface area (Å²) < 4.78 is 13.5. The normalized spacial score (nSPS) is 11.7. The van der Waals surface area contributed by atoms with Crippen LogP contribution >= 0.6 is 0 Å². The molecule has 8 heteroatoms. The van der Waals surface area contributed by atoms with Gasteiger partial charge in [0.05, 0.1) is 5.56 Å². The predicted octanol–water partition coefficient (Wildman–Crippen LogP) is -0.144. The smallest absolute Gasteiger partial charge is 0.326 e. The first kappa shape index (κ1) is 15.4. The Hall–Kier alpha value is -2.64. The Morgan fingerprint density at radius 3 is 2.50 bits per heavy atom. The third kappa shape index (κ3) is 4.23. The third-order valence-corrected chi connectivity index (χ3v) is 2.52. The fourth-order valence-corrected chi connectivity index (χ4v) is 1.50. The van der Waals surface area contributed by atoms with Gasteiger partial charge in [-0.2, -0.15) is 0 Å². The number of carbonyl (C=O) groups is 3. The fraction of sp³-hybridized carbons (Fsp3) is 0.250. The van der Waals surface area contributed by atoms with Crippen LogP contribution in [0.5, 0.6) is 0 Å². The number of aliphatic carboxylic acids is 1. The Kier molecular flexibility index (Phi) is 5.01. The van der Waals surface area contributed by atoms with E-state index in [1.807, 2.05) is 0 Å². The second kappa shape index (κ2) is 6.50. The highest BCUT2D eigenvalue weighted by molar-refractivity contribution is 5.97. The average molecular weight is 283 g/mol. The molecule has 0 heterocycles. The molecular weight excluding hydrogens is 269 g/mol. The molecule has 7 nitrogen and oxygen atoms in total. The van der Waals surface area contributed by atoms with E-state index in [2.05, 4.69) is 5.32 Å². The van der Waals surface area contributed by atoms with Crippen molar-refractivity contribution in [3.05, 3.63) is 29.6 Å². The number of nitrogen functional groups attached to an aromatic ring is 1. The Labute approximate surface area is 113 Å². The maximum Gasteiger partial charge on any atom is 0.326 e. The lowest BCUT2D eigenvalue weighted by atomic mass is 10.1. The first-order valence-electron chi connectivity index (χ1n) is 5.68. The Morgan fingerprint density at radius 1 is 1.35 bits per heavy atom. The van der Waals surface area contributed by atoms with Crippen LogP contribution in [-0.2, 0) is 9.59 Å². The van der Waals surface area contributed by atoms with Crippen molar-refractivity contribution in [2.24, 2.45) is 5.73 Å². The van der Waals surface area contributed by atoms with Crippen LogP contribution in [0.1, 0.15) is 23.2 Å². The molecule has 1 atom stereocenters. The van der Waals surface area contributed by atoms with Gasteiger partial charge in [0.2, 0.25) is 5.91 Å². The van der Waals surface area contributed by atoms with Gasteiger partial charge in [0.25, 0.3) is 5.91 Å². The van der Waals surface area contributed by atoms with Gasteiger partial charge in [-0.05, 0) is 24.6 Å². The summed E-state index contributed by atoms with van der Waals surface area (Å²) in [5.41, 5.74) is 10.1. The van der Waals surface area contributed by atoms with Gasteiger partial charge in [0, 0.05) is 12.1 Å². The van der Waals surface area contributed by atoms with E-state index in [-0.39, 0.29) is 24.1 Å². The molecule has 0 saturated carbocycles. The number of amides is 2. The van der Waals surface area contributed by atoms with Gasteiger partial charge in [-0.25, -0.2) is 9.18 Å². The maximum absolute atomic E-state index is 13.5. The topological polar surface area (TPSA) is 136 Å². The number of benzene rings is 1. The molecule has 2 amide bonds. The summed E-state index contributed by atoms with van der Waals surface area (Å²) in [5, 5.41) is 11.0. The number of halogens is 1. The molecule has 0 bridgehead atoms. The van der Waals surface area contributed by atoms with Crippen LogP contribution in [0.15, 0.2) is 18.2 Å². The van der Waals surface area contributed by atoms with E-state index < -0.39 is 29.6 Å². The SMILES string of the molecule is NC(=O)CCC(NC(=O)c1ccc(N)cc1F)C(=O)O. The van der Waals surface area contributed by atoms with E-state index in [4.69, 9.17) is 16.6 Å². The van der Waals surface area contributed by atoms with Gasteiger partial charge in [0.1, 0.15) is 11.9 Å². The molecule has 0 radical (unpaired) electrons. The zero-order chi connectivity index (χ0) is 15.3. The number of carbonyl (C=O) groups excluding carboxylic acids is 2. The van der Waals surface area contributed by atoms with Crippen LogP contribution < -0.4 is 16.8 Å². The number of carboxylic acids is 1. The summed E-state index contributed by atoms with van der Waals surface area (Å²) in [4.78, 5) is 33.3. The summed E-state index contributed by atoms with van der Waals surface area (Å²) in [5.74, 6) is -3.79. The molecule has 1 aromatic carbocycles. The number of nitrogens with one attached hydrogen (secondary N) is 1. The van der Waals surface area contributed by atoms with E-state index in [9.17, 15) is 18.8 Å². The summed E-state index contributed by atoms with van der Waals surface area (Å²) >= 11 is 0. The van der Waals surface area contributed by atoms with E-state index in [1.165, 1.54) is 6.07 Å². The minimum atomic E-state index is -1.34. The summed E-state index contributed by atoms with van der Waals surface area (Å²) in [6.45, 7) is 0. The second-order valence-corrected chi connectivity index (χ2v) is 4.11. The van der Waals surface area contributed by atoms with E-state index in [0.29, 0.717) is 0 Å². The van der Waals surface area contributed by atoms with E-state index in [0.717, 1.165) is 12.1 Å². The summed E-state index contributed by atoms with van der Waals surface area (Å²) in [6.07, 6.45) is -0.380. The molecule has 0 saturated heterocycles. The predicted molar refractivity (Wildman–Crippen MR) is 68.1 cm³/mol. The van der Waals surface area contributed by atoms with Crippen molar-refractivity contribution in [1.82, 2.24) is 5.32 Å². The molecule has 108 valence electrons. The van der Waals surface area contributed by atoms with Crippen molar-refractivity contribution in [2.45, 2.75) is 18.9 Å². The Bertz CT molecular complexity index is 548. The molecule has 20 heavy (non-hydrogen) atoms. The van der Waals surface area contributed by atoms with Gasteiger partial charge < -0.3 is 21.9 Å². The van der Waals surface area contributed by atoms with Crippen molar-refractivity contribution in [1.29, 1.82) is 0 Å². The summed E-state index contributed by atoms with van der Waals surface area (Å²) in [7, 11) is 0. The highest BCUT2D eigenvalue weighted by Gasteiger charge is 2.22. The second-order valence-electron chi connectivity index (χ2n) is 4.11. The molecule has 1 rings (SSSR count). The quantitative estimate of drug-likeness (QED) is 0.539. The monoisotopic (exact) mass is 283 g/mol. The largest absolute Gasteiger partial charge is 0.480 e. The van der Waals surface area contributed by atoms with Gasteiger partial charge >= 0.3 is 5.97 Å². The average Bonchev–Trinajstić information content (AvgIpc) is 2.33. The Balaban J connectivity index is 2.80. The van der Waals surface area contributed by atoms with Crippen molar-refractivity contribution >= 4 is 23.5 Å². The fourth-order valence-electron chi connectivity index (χ4n) is 1.50. The lowest BCUT2D eigenvalue weighted by Gasteiger charge is -2.14. The molecule has 6 N–H and O–H groups in total. The summed E-state index contributed by atoms with van der Waals surface area (Å²) in [6, 6.07) is 2.09. The van der Waals surface area contributed by atoms with Crippen LogP contribution in [0.25, 0.3) is 0 Å². The molecule has 1 unspecified atom stereocenters. The van der Waals surface area contributed by atoms with E-state index in [1.54, 1.807) is 0 Å². The van der Waals surface area contributed by atoms with Crippen LogP contribution in [0.4, 0.5) is 10.1 Å². The third-order valence-electron chi connectivity index (χ3n) is 2.52. The molecule has 0 aliphatic carbocycles. The van der Waals surface area contributed by atoms with Gasteiger partial charge in [-0.3, -0.25) is 9.59 Å². The minimum absolute atomic E-state index is 0.141. The standard InChI is InChI=1S/C12H14FN3O4/c13-8-5-6(14)1-2-7(8)11(18)16-9(12(19)20)3-4-10(15)17/h1-2,5,9H,3-4,14H2,(H2,15,17)(H,16,18)(H,19,20). The van der Waals surface area contributed by atoms with Gasteiger partial charge in [-0.15, -0.1) is 0 Å². The van der Waals surface area contributed by atoms with Crippen LogP contribution in [0.3, 0.4) is 0 Å². The van der Waals surface area contributed by atoms with Crippen molar-refractivity contribution < 1.29 is 23.9 Å². The van der Waals surface area contributed by atoms with Crippen molar-refractivity contribution in [3.63, 3.8) is 0 Å². The number of hydrogen-bond donors (Lipinski definition) is 4. The molecule has 1 aromatic rings. The minimum Gasteiger partial charge on any atom is -0.480 e. The van der Waals surface area contributed by atoms with Gasteiger partial charge in [0.15, 0.2) is 0 Å². The molecule has 0 aliphatic heterocycles. The van der Waals surface area contributed by atoms with Crippen molar-refractivity contribution in [2.75, 3.05) is 5.73 Å². The number of carboxylic acid groups (broad SMARTS) is 1. The number of primary amides is 1. The van der Waals surface area contributed by atoms with Crippen LogP contribution in [0.2, 0.25) is 0 Å². The number of anilines is 1. The number of nitrogens with two attached hydrogens (primary N) is 2. The Morgan fingerprint density at radius 2 is 2.00 bits per heavy atom. The van der Waals surface area contributed by atoms with Crippen molar-refractivity contribution in [3.8, 4) is 0 Å². The van der Waals surface area contributed by atoms with E-state index >= 15 is 0 Å². The molecule has 0 spiro atoms. The maximum atomic E-state index is 13.5. The number of hydrogen-bond acceptors (Lipinski definition) is 4. The molecule has 0 aliphatic rings. The first-order valence-corrected chi connectivity index (χ1v) is 5.68.